The molecule has 1 saturated heterocycles. The lowest BCUT2D eigenvalue weighted by Gasteiger charge is -2.24. The summed E-state index contributed by atoms with van der Waals surface area (Å²) < 4.78 is 0. The Hall–Kier alpha value is -3.98. The summed E-state index contributed by atoms with van der Waals surface area (Å²) in [4.78, 5) is 50.5. The van der Waals surface area contributed by atoms with E-state index in [-0.39, 0.29) is 30.0 Å². The maximum atomic E-state index is 12.9. The highest BCUT2D eigenvalue weighted by Gasteiger charge is 2.26. The Kier molecular flexibility index (Phi) is 6.33. The second kappa shape index (κ2) is 9.71. The second-order valence-electron chi connectivity index (χ2n) is 9.15. The van der Waals surface area contributed by atoms with Crippen molar-refractivity contribution in [3.63, 3.8) is 0 Å². The largest absolute Gasteiger partial charge is 0.341 e. The molecule has 0 spiro atoms. The van der Waals surface area contributed by atoms with Crippen LogP contribution in [0.25, 0.3) is 21.9 Å². The Balaban J connectivity index is 1.30. The number of anilines is 1. The van der Waals surface area contributed by atoms with Gasteiger partial charge >= 0.3 is 5.69 Å². The summed E-state index contributed by atoms with van der Waals surface area (Å²) in [6, 6.07) is 15.4. The summed E-state index contributed by atoms with van der Waals surface area (Å²) in [5.74, 6) is 0.0818. The SMILES string of the molecule is CC(=O)N1CCN(CC(=O)Nc2ccc3[nH]c(=O)[nH]c3c2)CC(Cc2cccc3cccnc23)C1. The van der Waals surface area contributed by atoms with Gasteiger partial charge in [0.15, 0.2) is 0 Å². The van der Waals surface area contributed by atoms with Crippen LogP contribution in [0.2, 0.25) is 0 Å². The van der Waals surface area contributed by atoms with Gasteiger partial charge in [0.25, 0.3) is 0 Å². The van der Waals surface area contributed by atoms with Crippen LogP contribution in [0, 0.1) is 5.92 Å². The molecular formula is C26H28N6O3. The van der Waals surface area contributed by atoms with Crippen LogP contribution in [0.3, 0.4) is 0 Å². The van der Waals surface area contributed by atoms with Gasteiger partial charge in [-0.3, -0.25) is 19.5 Å². The minimum absolute atomic E-state index is 0.0474. The summed E-state index contributed by atoms with van der Waals surface area (Å²) in [7, 11) is 0. The van der Waals surface area contributed by atoms with E-state index in [1.807, 2.05) is 17.0 Å². The summed E-state index contributed by atoms with van der Waals surface area (Å²) >= 11 is 0. The van der Waals surface area contributed by atoms with Gasteiger partial charge in [-0.15, -0.1) is 0 Å². The molecule has 1 atom stereocenters. The molecule has 2 aromatic carbocycles. The summed E-state index contributed by atoms with van der Waals surface area (Å²) in [6.45, 7) is 4.38. The average Bonchev–Trinajstić information content (AvgIpc) is 3.08. The summed E-state index contributed by atoms with van der Waals surface area (Å²) in [5, 5.41) is 4.02. The van der Waals surface area contributed by atoms with E-state index in [0.717, 1.165) is 22.9 Å². The number of aromatic amines is 2. The second-order valence-corrected chi connectivity index (χ2v) is 9.15. The van der Waals surface area contributed by atoms with Gasteiger partial charge < -0.3 is 20.2 Å². The number of aromatic nitrogens is 3. The first kappa shape index (κ1) is 22.8. The van der Waals surface area contributed by atoms with Crippen LogP contribution in [-0.4, -0.2) is 69.3 Å². The number of hydrogen-bond acceptors (Lipinski definition) is 5. The zero-order chi connectivity index (χ0) is 24.4. The van der Waals surface area contributed by atoms with Crippen molar-refractivity contribution in [2.24, 2.45) is 5.92 Å². The third-order valence-corrected chi connectivity index (χ3v) is 6.52. The Bertz CT molecular complexity index is 1440. The quantitative estimate of drug-likeness (QED) is 0.413. The van der Waals surface area contributed by atoms with E-state index < -0.39 is 0 Å². The first-order valence-corrected chi connectivity index (χ1v) is 11.8. The first-order valence-electron chi connectivity index (χ1n) is 11.8. The van der Waals surface area contributed by atoms with Crippen LogP contribution in [0.4, 0.5) is 5.69 Å². The molecule has 1 fully saturated rings. The van der Waals surface area contributed by atoms with Crippen LogP contribution >= 0.6 is 0 Å². The number of carbonyl (C=O) groups is 2. The lowest BCUT2D eigenvalue weighted by Crippen LogP contribution is -2.37. The fraction of sp³-hybridized carbons (Fsp3) is 0.308. The fourth-order valence-corrected chi connectivity index (χ4v) is 4.90. The van der Waals surface area contributed by atoms with Crippen molar-refractivity contribution in [1.82, 2.24) is 24.8 Å². The number of amides is 2. The Morgan fingerprint density at radius 2 is 1.89 bits per heavy atom. The fourth-order valence-electron chi connectivity index (χ4n) is 4.90. The van der Waals surface area contributed by atoms with Gasteiger partial charge in [-0.2, -0.15) is 0 Å². The summed E-state index contributed by atoms with van der Waals surface area (Å²) in [5.41, 5.74) is 3.80. The molecule has 0 radical (unpaired) electrons. The molecule has 0 bridgehead atoms. The van der Waals surface area contributed by atoms with Crippen molar-refractivity contribution in [3.8, 4) is 0 Å². The highest BCUT2D eigenvalue weighted by Crippen LogP contribution is 2.22. The molecule has 0 aliphatic carbocycles. The number of pyridine rings is 1. The molecule has 4 aromatic rings. The Morgan fingerprint density at radius 1 is 1.06 bits per heavy atom. The molecule has 0 saturated carbocycles. The van der Waals surface area contributed by atoms with Gasteiger partial charge in [0, 0.05) is 50.4 Å². The predicted molar refractivity (Wildman–Crippen MR) is 135 cm³/mol. The smallest absolute Gasteiger partial charge is 0.323 e. The number of carbonyl (C=O) groups excluding carboxylic acids is 2. The molecule has 9 heteroatoms. The molecule has 1 unspecified atom stereocenters. The van der Waals surface area contributed by atoms with Gasteiger partial charge in [-0.1, -0.05) is 24.3 Å². The van der Waals surface area contributed by atoms with E-state index in [0.29, 0.717) is 42.9 Å². The number of benzene rings is 2. The number of hydrogen-bond donors (Lipinski definition) is 3. The van der Waals surface area contributed by atoms with Crippen LogP contribution in [-0.2, 0) is 16.0 Å². The number of rotatable bonds is 5. The minimum atomic E-state index is -0.282. The van der Waals surface area contributed by atoms with E-state index in [1.165, 1.54) is 0 Å². The van der Waals surface area contributed by atoms with Crippen molar-refractivity contribution in [2.75, 3.05) is 38.0 Å². The van der Waals surface area contributed by atoms with Crippen molar-refractivity contribution in [2.45, 2.75) is 13.3 Å². The maximum absolute atomic E-state index is 12.9. The summed E-state index contributed by atoms with van der Waals surface area (Å²) in [6.07, 6.45) is 2.58. The molecule has 3 N–H and O–H groups in total. The Morgan fingerprint density at radius 3 is 2.74 bits per heavy atom. The van der Waals surface area contributed by atoms with Crippen LogP contribution in [0.15, 0.2) is 59.5 Å². The van der Waals surface area contributed by atoms with Crippen LogP contribution < -0.4 is 11.0 Å². The van der Waals surface area contributed by atoms with Crippen LogP contribution in [0.1, 0.15) is 12.5 Å². The third-order valence-electron chi connectivity index (χ3n) is 6.52. The van der Waals surface area contributed by atoms with E-state index in [1.54, 1.807) is 31.3 Å². The topological polar surface area (TPSA) is 114 Å². The zero-order valence-electron chi connectivity index (χ0n) is 19.6. The lowest BCUT2D eigenvalue weighted by molar-refractivity contribution is -0.129. The maximum Gasteiger partial charge on any atom is 0.323 e. The van der Waals surface area contributed by atoms with Crippen molar-refractivity contribution < 1.29 is 9.59 Å². The molecule has 2 aromatic heterocycles. The van der Waals surface area contributed by atoms with Gasteiger partial charge in [0.1, 0.15) is 0 Å². The number of nitrogens with zero attached hydrogens (tertiary/aromatic N) is 3. The predicted octanol–water partition coefficient (Wildman–Crippen LogP) is 2.37. The number of nitrogens with one attached hydrogen (secondary N) is 3. The number of H-pyrrole nitrogens is 2. The normalized spacial score (nSPS) is 16.9. The number of para-hydroxylation sites is 1. The monoisotopic (exact) mass is 472 g/mol. The number of imidazole rings is 1. The number of fused-ring (bicyclic) bond motifs is 2. The third kappa shape index (κ3) is 5.25. The molecular weight excluding hydrogens is 444 g/mol. The van der Waals surface area contributed by atoms with Crippen molar-refractivity contribution in [1.29, 1.82) is 0 Å². The Labute approximate surface area is 202 Å². The van der Waals surface area contributed by atoms with E-state index >= 15 is 0 Å². The van der Waals surface area contributed by atoms with Crippen molar-refractivity contribution in [3.05, 3.63) is 70.8 Å². The molecule has 35 heavy (non-hydrogen) atoms. The molecule has 180 valence electrons. The molecule has 5 rings (SSSR count). The van der Waals surface area contributed by atoms with E-state index in [9.17, 15) is 14.4 Å². The van der Waals surface area contributed by atoms with Crippen molar-refractivity contribution >= 4 is 39.4 Å². The first-order chi connectivity index (χ1) is 16.9. The highest BCUT2D eigenvalue weighted by atomic mass is 16.2. The van der Waals surface area contributed by atoms with Crippen LogP contribution in [0.5, 0.6) is 0 Å². The lowest BCUT2D eigenvalue weighted by atomic mass is 9.96. The standard InChI is InChI=1S/C26H28N6O3/c1-17(33)32-11-10-31(16-24(34)28-21-7-8-22-23(13-21)30-26(35)29-22)14-18(15-32)12-20-5-2-4-19-6-3-9-27-25(19)20/h2-9,13,18H,10-12,14-16H2,1H3,(H,28,34)(H2,29,30,35). The van der Waals surface area contributed by atoms with E-state index in [2.05, 4.69) is 43.4 Å². The van der Waals surface area contributed by atoms with Gasteiger partial charge in [-0.25, -0.2) is 4.79 Å². The molecule has 1 aliphatic heterocycles. The van der Waals surface area contributed by atoms with Gasteiger partial charge in [0.2, 0.25) is 11.8 Å². The van der Waals surface area contributed by atoms with E-state index in [4.69, 9.17) is 0 Å². The molecule has 9 nitrogen and oxygen atoms in total. The van der Waals surface area contributed by atoms with Gasteiger partial charge in [-0.05, 0) is 42.2 Å². The minimum Gasteiger partial charge on any atom is -0.341 e. The molecule has 3 heterocycles. The zero-order valence-corrected chi connectivity index (χ0v) is 19.6. The van der Waals surface area contributed by atoms with Gasteiger partial charge in [0.05, 0.1) is 23.1 Å². The average molecular weight is 473 g/mol. The highest BCUT2D eigenvalue weighted by molar-refractivity contribution is 5.94. The molecule has 1 aliphatic rings. The molecule has 2 amide bonds.